The summed E-state index contributed by atoms with van der Waals surface area (Å²) in [5.41, 5.74) is 4.41. The molecule has 2 aliphatic rings. The quantitative estimate of drug-likeness (QED) is 0.709. The van der Waals surface area contributed by atoms with Crippen LogP contribution in [0.3, 0.4) is 0 Å². The number of imide groups is 1. The maximum absolute atomic E-state index is 12.5. The second kappa shape index (κ2) is 8.07. The Morgan fingerprint density at radius 3 is 2.45 bits per heavy atom. The highest BCUT2D eigenvalue weighted by atomic mass is 16.2. The molecule has 0 bridgehead atoms. The van der Waals surface area contributed by atoms with Gasteiger partial charge in [0.1, 0.15) is 0 Å². The predicted molar refractivity (Wildman–Crippen MR) is 122 cm³/mol. The SMILES string of the molecule is Cn1ccc2c(N3CCC(=O)NC3=O)cc(N3CCN(Cc4ccccc4)CC3)cc21. The highest BCUT2D eigenvalue weighted by Gasteiger charge is 2.27. The summed E-state index contributed by atoms with van der Waals surface area (Å²) in [4.78, 5) is 30.7. The lowest BCUT2D eigenvalue weighted by Gasteiger charge is -2.37. The molecule has 31 heavy (non-hydrogen) atoms. The predicted octanol–water partition coefficient (Wildman–Crippen LogP) is 2.95. The second-order valence-corrected chi connectivity index (χ2v) is 8.33. The van der Waals surface area contributed by atoms with Crippen molar-refractivity contribution in [3.8, 4) is 0 Å². The van der Waals surface area contributed by atoms with Gasteiger partial charge >= 0.3 is 6.03 Å². The van der Waals surface area contributed by atoms with Gasteiger partial charge in [-0.25, -0.2) is 4.79 Å². The summed E-state index contributed by atoms with van der Waals surface area (Å²) in [6.45, 7) is 5.24. The molecule has 2 fully saturated rings. The number of aromatic nitrogens is 1. The number of nitrogens with one attached hydrogen (secondary N) is 1. The van der Waals surface area contributed by atoms with Crippen LogP contribution < -0.4 is 15.1 Å². The molecule has 7 nitrogen and oxygen atoms in total. The third-order valence-electron chi connectivity index (χ3n) is 6.30. The molecule has 3 heterocycles. The molecule has 0 radical (unpaired) electrons. The molecule has 160 valence electrons. The van der Waals surface area contributed by atoms with E-state index in [4.69, 9.17) is 0 Å². The molecule has 0 aliphatic carbocycles. The van der Waals surface area contributed by atoms with Gasteiger partial charge in [0.05, 0.1) is 11.2 Å². The second-order valence-electron chi connectivity index (χ2n) is 8.33. The highest BCUT2D eigenvalue weighted by Crippen LogP contribution is 2.34. The first-order valence-corrected chi connectivity index (χ1v) is 10.8. The third kappa shape index (κ3) is 3.88. The number of fused-ring (bicyclic) bond motifs is 1. The molecule has 2 aromatic carbocycles. The molecule has 0 atom stereocenters. The van der Waals surface area contributed by atoms with E-state index in [1.807, 2.05) is 19.3 Å². The summed E-state index contributed by atoms with van der Waals surface area (Å²) < 4.78 is 2.08. The van der Waals surface area contributed by atoms with E-state index in [-0.39, 0.29) is 11.9 Å². The third-order valence-corrected chi connectivity index (χ3v) is 6.30. The Bertz CT molecular complexity index is 1120. The monoisotopic (exact) mass is 417 g/mol. The number of urea groups is 1. The van der Waals surface area contributed by atoms with E-state index < -0.39 is 0 Å². The number of nitrogens with zero attached hydrogens (tertiary/aromatic N) is 4. The number of carbonyl (C=O) groups is 2. The van der Waals surface area contributed by atoms with Crippen molar-refractivity contribution >= 4 is 34.2 Å². The summed E-state index contributed by atoms with van der Waals surface area (Å²) in [5.74, 6) is -0.212. The van der Waals surface area contributed by atoms with Crippen LogP contribution in [0.5, 0.6) is 0 Å². The zero-order valence-corrected chi connectivity index (χ0v) is 17.8. The fourth-order valence-electron chi connectivity index (χ4n) is 4.54. The van der Waals surface area contributed by atoms with Crippen molar-refractivity contribution in [2.45, 2.75) is 13.0 Å². The number of hydrogen-bond acceptors (Lipinski definition) is 4. The Morgan fingerprint density at radius 2 is 1.71 bits per heavy atom. The van der Waals surface area contributed by atoms with Gasteiger partial charge in [0.15, 0.2) is 0 Å². The molecule has 0 spiro atoms. The number of aryl methyl sites for hydroxylation is 1. The standard InChI is InChI=1S/C24H27N5O2/c1-26-9-7-20-21(26)15-19(16-22(20)29-10-8-23(30)25-24(29)31)28-13-11-27(12-14-28)17-18-5-3-2-4-6-18/h2-7,9,15-16H,8,10-14,17H2,1H3,(H,25,30,31). The number of benzene rings is 2. The highest BCUT2D eigenvalue weighted by molar-refractivity contribution is 6.10. The lowest BCUT2D eigenvalue weighted by atomic mass is 10.1. The largest absolute Gasteiger partial charge is 0.369 e. The van der Waals surface area contributed by atoms with E-state index in [1.165, 1.54) is 5.56 Å². The lowest BCUT2D eigenvalue weighted by molar-refractivity contribution is -0.120. The number of carbonyl (C=O) groups excluding carboxylic acids is 2. The topological polar surface area (TPSA) is 60.8 Å². The van der Waals surface area contributed by atoms with Crippen LogP contribution in [-0.4, -0.2) is 54.1 Å². The van der Waals surface area contributed by atoms with Gasteiger partial charge in [0.2, 0.25) is 5.91 Å². The normalized spacial score (nSPS) is 18.0. The van der Waals surface area contributed by atoms with Gasteiger partial charge in [0, 0.05) is 70.0 Å². The molecule has 1 N–H and O–H groups in total. The molecular formula is C24H27N5O2. The zero-order valence-electron chi connectivity index (χ0n) is 17.8. The zero-order chi connectivity index (χ0) is 21.4. The van der Waals surface area contributed by atoms with Gasteiger partial charge < -0.3 is 9.47 Å². The first-order chi connectivity index (χ1) is 15.1. The number of anilines is 2. The summed E-state index contributed by atoms with van der Waals surface area (Å²) >= 11 is 0. The Balaban J connectivity index is 1.38. The Kier molecular flexibility index (Phi) is 5.11. The minimum absolute atomic E-state index is 0.212. The van der Waals surface area contributed by atoms with Crippen molar-refractivity contribution in [1.29, 1.82) is 0 Å². The van der Waals surface area contributed by atoms with Gasteiger partial charge in [-0.15, -0.1) is 0 Å². The van der Waals surface area contributed by atoms with Gasteiger partial charge in [-0.1, -0.05) is 30.3 Å². The van der Waals surface area contributed by atoms with Crippen LogP contribution in [0.15, 0.2) is 54.7 Å². The number of rotatable bonds is 4. The minimum Gasteiger partial charge on any atom is -0.369 e. The first kappa shape index (κ1) is 19.6. The Labute approximate surface area is 181 Å². The van der Waals surface area contributed by atoms with Gasteiger partial charge in [0.25, 0.3) is 0 Å². The minimum atomic E-state index is -0.341. The van der Waals surface area contributed by atoms with Crippen molar-refractivity contribution in [2.75, 3.05) is 42.5 Å². The fourth-order valence-corrected chi connectivity index (χ4v) is 4.54. The van der Waals surface area contributed by atoms with Crippen LogP contribution in [-0.2, 0) is 18.4 Å². The van der Waals surface area contributed by atoms with Crippen molar-refractivity contribution in [3.63, 3.8) is 0 Å². The fraction of sp³-hybridized carbons (Fsp3) is 0.333. The van der Waals surface area contributed by atoms with E-state index >= 15 is 0 Å². The molecule has 0 saturated carbocycles. The van der Waals surface area contributed by atoms with Crippen molar-refractivity contribution in [1.82, 2.24) is 14.8 Å². The first-order valence-electron chi connectivity index (χ1n) is 10.8. The molecule has 2 aliphatic heterocycles. The van der Waals surface area contributed by atoms with Crippen molar-refractivity contribution in [3.05, 3.63) is 60.3 Å². The van der Waals surface area contributed by atoms with Crippen LogP contribution in [0, 0.1) is 0 Å². The van der Waals surface area contributed by atoms with E-state index in [2.05, 4.69) is 62.1 Å². The molecule has 3 aromatic rings. The molecule has 1 aromatic heterocycles. The van der Waals surface area contributed by atoms with Gasteiger partial charge in [-0.05, 0) is 23.8 Å². The summed E-state index contributed by atoms with van der Waals surface area (Å²) in [7, 11) is 2.02. The number of amides is 3. The van der Waals surface area contributed by atoms with E-state index in [0.29, 0.717) is 13.0 Å². The Morgan fingerprint density at radius 1 is 0.935 bits per heavy atom. The summed E-state index contributed by atoms with van der Waals surface area (Å²) in [5, 5.41) is 3.47. The molecule has 2 saturated heterocycles. The molecule has 5 rings (SSSR count). The van der Waals surface area contributed by atoms with Gasteiger partial charge in [-0.3, -0.25) is 19.9 Å². The van der Waals surface area contributed by atoms with Crippen molar-refractivity contribution in [2.24, 2.45) is 7.05 Å². The smallest absolute Gasteiger partial charge is 0.328 e. The molecule has 3 amide bonds. The molecular weight excluding hydrogens is 390 g/mol. The average molecular weight is 418 g/mol. The van der Waals surface area contributed by atoms with Gasteiger partial charge in [-0.2, -0.15) is 0 Å². The van der Waals surface area contributed by atoms with Crippen LogP contribution in [0.4, 0.5) is 16.2 Å². The average Bonchev–Trinajstić information content (AvgIpc) is 3.15. The van der Waals surface area contributed by atoms with E-state index in [0.717, 1.165) is 55.0 Å². The number of hydrogen-bond donors (Lipinski definition) is 1. The molecule has 7 heteroatoms. The maximum atomic E-state index is 12.5. The van der Waals surface area contributed by atoms with Crippen LogP contribution in [0.25, 0.3) is 10.9 Å². The summed E-state index contributed by atoms with van der Waals surface area (Å²) in [6.07, 6.45) is 2.34. The lowest BCUT2D eigenvalue weighted by Crippen LogP contribution is -2.49. The molecule has 0 unspecified atom stereocenters. The van der Waals surface area contributed by atoms with Crippen LogP contribution in [0.1, 0.15) is 12.0 Å². The number of piperazine rings is 1. The maximum Gasteiger partial charge on any atom is 0.328 e. The van der Waals surface area contributed by atoms with Crippen LogP contribution >= 0.6 is 0 Å². The van der Waals surface area contributed by atoms with E-state index in [9.17, 15) is 9.59 Å². The summed E-state index contributed by atoms with van der Waals surface area (Å²) in [6, 6.07) is 16.6. The van der Waals surface area contributed by atoms with Crippen molar-refractivity contribution < 1.29 is 9.59 Å². The van der Waals surface area contributed by atoms with E-state index in [1.54, 1.807) is 4.90 Å². The van der Waals surface area contributed by atoms with Crippen LogP contribution in [0.2, 0.25) is 0 Å². The Hall–Kier alpha value is -3.32.